The summed E-state index contributed by atoms with van der Waals surface area (Å²) < 4.78 is 12.5. The maximum Gasteiger partial charge on any atom is 0.410 e. The molecular weight excluding hydrogens is 582 g/mol. The van der Waals surface area contributed by atoms with Crippen LogP contribution in [0.5, 0.6) is 5.88 Å². The molecule has 8 rings (SSSR count). The molecule has 238 valence electrons. The Morgan fingerprint density at radius 1 is 1.00 bits per heavy atom. The smallest absolute Gasteiger partial charge is 0.410 e. The van der Waals surface area contributed by atoms with Gasteiger partial charge < -0.3 is 24.2 Å². The second-order valence-electron chi connectivity index (χ2n) is 13.3. The molecule has 4 saturated heterocycles. The third-order valence-corrected chi connectivity index (χ3v) is 9.11. The first-order valence-electron chi connectivity index (χ1n) is 15.8. The average molecular weight is 622 g/mol. The van der Waals surface area contributed by atoms with Crippen LogP contribution in [0, 0.1) is 11.3 Å². The largest absolute Gasteiger partial charge is 0.481 e. The molecule has 2 bridgehead atoms. The van der Waals surface area contributed by atoms with Gasteiger partial charge in [0.05, 0.1) is 36.3 Å². The fourth-order valence-electron chi connectivity index (χ4n) is 6.76. The fourth-order valence-corrected chi connectivity index (χ4v) is 6.76. The lowest BCUT2D eigenvalue weighted by atomic mass is 9.87. The minimum atomic E-state index is -0.527. The number of piperidine rings is 1. The summed E-state index contributed by atoms with van der Waals surface area (Å²) in [6.07, 6.45) is 8.29. The zero-order chi connectivity index (χ0) is 32.0. The summed E-state index contributed by atoms with van der Waals surface area (Å²) >= 11 is 0. The molecule has 0 spiro atoms. The van der Waals surface area contributed by atoms with Crippen molar-refractivity contribution in [3.05, 3.63) is 66.2 Å². The highest BCUT2D eigenvalue weighted by molar-refractivity contribution is 5.86. The number of piperazine rings is 2. The van der Waals surface area contributed by atoms with Crippen LogP contribution in [-0.2, 0) is 11.3 Å². The van der Waals surface area contributed by atoms with Crippen LogP contribution in [0.3, 0.4) is 0 Å². The Morgan fingerprint density at radius 2 is 1.78 bits per heavy atom. The zero-order valence-corrected chi connectivity index (χ0v) is 26.8. The molecular formula is C34H39N9O3. The maximum atomic E-state index is 12.6. The van der Waals surface area contributed by atoms with Crippen LogP contribution in [0.1, 0.15) is 38.3 Å². The molecule has 4 fully saturated rings. The number of methoxy groups -OCH3 is 1. The quantitative estimate of drug-likeness (QED) is 0.310. The Bertz CT molecular complexity index is 1760. The molecule has 46 heavy (non-hydrogen) atoms. The van der Waals surface area contributed by atoms with Crippen LogP contribution in [0.15, 0.2) is 55.1 Å². The van der Waals surface area contributed by atoms with Crippen molar-refractivity contribution >= 4 is 23.1 Å². The van der Waals surface area contributed by atoms with Crippen LogP contribution in [0.4, 0.5) is 16.3 Å². The van der Waals surface area contributed by atoms with Crippen molar-refractivity contribution in [2.75, 3.05) is 56.2 Å². The number of pyridine rings is 3. The van der Waals surface area contributed by atoms with Gasteiger partial charge in [-0.2, -0.15) is 10.4 Å². The predicted octanol–water partition coefficient (Wildman–Crippen LogP) is 4.19. The Morgan fingerprint density at radius 3 is 2.41 bits per heavy atom. The molecule has 2 atom stereocenters. The number of hydrogen-bond acceptors (Lipinski definition) is 10. The van der Waals surface area contributed by atoms with E-state index in [-0.39, 0.29) is 6.09 Å². The summed E-state index contributed by atoms with van der Waals surface area (Å²) in [5.41, 5.74) is 4.75. The van der Waals surface area contributed by atoms with Crippen LogP contribution < -0.4 is 14.5 Å². The number of nitrogens with zero attached hydrogens (tertiary/aromatic N) is 9. The van der Waals surface area contributed by atoms with Crippen molar-refractivity contribution < 1.29 is 14.3 Å². The summed E-state index contributed by atoms with van der Waals surface area (Å²) in [4.78, 5) is 30.8. The minimum Gasteiger partial charge on any atom is -0.481 e. The number of anilines is 2. The highest BCUT2D eigenvalue weighted by Crippen LogP contribution is 2.37. The van der Waals surface area contributed by atoms with Crippen molar-refractivity contribution in [3.8, 4) is 23.1 Å². The molecule has 2 unspecified atom stereocenters. The van der Waals surface area contributed by atoms with E-state index >= 15 is 0 Å². The summed E-state index contributed by atoms with van der Waals surface area (Å²) in [6, 6.07) is 13.6. The molecule has 0 saturated carbocycles. The molecule has 0 N–H and O–H groups in total. The van der Waals surface area contributed by atoms with Crippen LogP contribution >= 0.6 is 0 Å². The molecule has 12 nitrogen and oxygen atoms in total. The third-order valence-electron chi connectivity index (χ3n) is 9.11. The number of nitriles is 1. The number of rotatable bonds is 6. The lowest BCUT2D eigenvalue weighted by Crippen LogP contribution is -2.68. The van der Waals surface area contributed by atoms with E-state index in [9.17, 15) is 10.1 Å². The van der Waals surface area contributed by atoms with E-state index in [1.165, 1.54) is 12.0 Å². The van der Waals surface area contributed by atoms with Crippen LogP contribution in [0.25, 0.3) is 16.6 Å². The molecule has 12 heteroatoms. The third kappa shape index (κ3) is 5.78. The van der Waals surface area contributed by atoms with Crippen LogP contribution in [0.2, 0.25) is 0 Å². The van der Waals surface area contributed by atoms with E-state index in [2.05, 4.69) is 55.1 Å². The van der Waals surface area contributed by atoms with Gasteiger partial charge in [0.15, 0.2) is 0 Å². The summed E-state index contributed by atoms with van der Waals surface area (Å²) in [6.45, 7) is 10.8. The minimum absolute atomic E-state index is 0.284. The normalized spacial score (nSPS) is 19.9. The van der Waals surface area contributed by atoms with Gasteiger partial charge in [-0.15, -0.1) is 0 Å². The van der Waals surface area contributed by atoms with Gasteiger partial charge in [-0.05, 0) is 51.0 Å². The van der Waals surface area contributed by atoms with Gasteiger partial charge in [-0.3, -0.25) is 4.90 Å². The van der Waals surface area contributed by atoms with E-state index < -0.39 is 5.60 Å². The fraction of sp³-hybridized carbons (Fsp3) is 0.441. The number of hydrogen-bond donors (Lipinski definition) is 0. The highest BCUT2D eigenvalue weighted by Gasteiger charge is 2.44. The number of carbonyl (C=O) groups excluding carboxylic acids is 1. The van der Waals surface area contributed by atoms with Crippen molar-refractivity contribution in [3.63, 3.8) is 0 Å². The van der Waals surface area contributed by atoms with Gasteiger partial charge in [0.2, 0.25) is 5.88 Å². The van der Waals surface area contributed by atoms with Crippen molar-refractivity contribution in [2.45, 2.75) is 51.4 Å². The van der Waals surface area contributed by atoms with Crippen molar-refractivity contribution in [1.29, 1.82) is 5.26 Å². The maximum absolute atomic E-state index is 12.6. The summed E-state index contributed by atoms with van der Waals surface area (Å²) in [5.74, 6) is 1.60. The van der Waals surface area contributed by atoms with Gasteiger partial charge in [-0.1, -0.05) is 6.07 Å². The van der Waals surface area contributed by atoms with Gasteiger partial charge >= 0.3 is 6.09 Å². The first kappa shape index (κ1) is 29.8. The standard InChI is InChI=1S/C34H39N9O3/c1-34(2,3)46-33(44)40-11-9-39(10-12-40)26-14-29(32-25(15-35)18-38-43(32)22-26)24-6-7-30(36-17-24)41-20-27-13-28(21-41)42(27)19-23-5-8-31(45-4)37-16-23/h5-8,14,16-18,22,27-28H,9-13,19-21H2,1-4H3. The average Bonchev–Trinajstić information content (AvgIpc) is 3.50. The van der Waals surface area contributed by atoms with Gasteiger partial charge in [-0.25, -0.2) is 19.3 Å². The first-order valence-corrected chi connectivity index (χ1v) is 15.8. The molecule has 0 aromatic carbocycles. The number of carbonyl (C=O) groups is 1. The predicted molar refractivity (Wildman–Crippen MR) is 174 cm³/mol. The Labute approximate surface area is 268 Å². The molecule has 0 aliphatic carbocycles. The lowest BCUT2D eigenvalue weighted by Gasteiger charge is -2.56. The van der Waals surface area contributed by atoms with Crippen molar-refractivity contribution in [2.24, 2.45) is 0 Å². The van der Waals surface area contributed by atoms with Gasteiger partial charge in [0, 0.05) is 87.5 Å². The first-order chi connectivity index (χ1) is 22.2. The second-order valence-corrected chi connectivity index (χ2v) is 13.3. The number of ether oxygens (including phenoxy) is 2. The van der Waals surface area contributed by atoms with Gasteiger partial charge in [0.25, 0.3) is 0 Å². The Kier molecular flexibility index (Phi) is 7.64. The van der Waals surface area contributed by atoms with Crippen LogP contribution in [-0.4, -0.2) is 99.5 Å². The SMILES string of the molecule is COc1ccc(CN2C3CC2CN(c2ccc(-c4cc(N5CCN(C(=O)OC(C)(C)C)CC5)cn5ncc(C#N)c45)cn2)C3)cn1. The van der Waals surface area contributed by atoms with Crippen molar-refractivity contribution in [1.82, 2.24) is 29.4 Å². The molecule has 8 heterocycles. The summed E-state index contributed by atoms with van der Waals surface area (Å²) in [7, 11) is 1.63. The molecule has 4 aliphatic rings. The Hall–Kier alpha value is -4.89. The topological polar surface area (TPSA) is 115 Å². The lowest BCUT2D eigenvalue weighted by molar-refractivity contribution is -0.00876. The monoisotopic (exact) mass is 621 g/mol. The highest BCUT2D eigenvalue weighted by atomic mass is 16.6. The second kappa shape index (κ2) is 11.8. The molecule has 1 amide bonds. The van der Waals surface area contributed by atoms with E-state index in [1.54, 1.807) is 22.7 Å². The van der Waals surface area contributed by atoms with E-state index in [4.69, 9.17) is 14.5 Å². The van der Waals surface area contributed by atoms with E-state index in [1.807, 2.05) is 45.4 Å². The van der Waals surface area contributed by atoms with Gasteiger partial charge in [0.1, 0.15) is 17.5 Å². The number of aromatic nitrogens is 4. The summed E-state index contributed by atoms with van der Waals surface area (Å²) in [5, 5.41) is 14.4. The number of amides is 1. The molecule has 0 radical (unpaired) electrons. The van der Waals surface area contributed by atoms with E-state index in [0.29, 0.717) is 49.7 Å². The van der Waals surface area contributed by atoms with E-state index in [0.717, 1.165) is 47.8 Å². The molecule has 4 aromatic rings. The Balaban J connectivity index is 1.06. The molecule has 4 aromatic heterocycles. The number of fused-ring (bicyclic) bond motifs is 3. The zero-order valence-electron chi connectivity index (χ0n) is 26.8. The molecule has 4 aliphatic heterocycles.